The molecule has 0 aliphatic rings. The molecule has 0 bridgehead atoms. The van der Waals surface area contributed by atoms with Gasteiger partial charge in [0, 0.05) is 73.3 Å². The minimum atomic E-state index is 1.17. The summed E-state index contributed by atoms with van der Waals surface area (Å²) >= 11 is 3.76. The molecule has 0 aliphatic heterocycles. The van der Waals surface area contributed by atoms with E-state index in [0.29, 0.717) is 0 Å². The fourth-order valence-corrected chi connectivity index (χ4v) is 10.9. The number of para-hydroxylation sites is 3. The van der Waals surface area contributed by atoms with Crippen molar-refractivity contribution in [2.24, 2.45) is 0 Å². The number of nitrogens with zero attached hydrogens (tertiary/aromatic N) is 2. The molecular weight excluding hydrogens is 669 g/mol. The molecule has 0 saturated carbocycles. The van der Waals surface area contributed by atoms with Gasteiger partial charge < -0.3 is 9.13 Å². The number of rotatable bonds is 3. The fraction of sp³-hybridized carbons (Fsp3) is 0. The molecule has 0 aliphatic carbocycles. The second-order valence-corrected chi connectivity index (χ2v) is 15.9. The molecule has 4 heterocycles. The molecule has 0 spiro atoms. The van der Waals surface area contributed by atoms with Crippen LogP contribution in [0.2, 0.25) is 0 Å². The van der Waals surface area contributed by atoms with Crippen LogP contribution in [0.1, 0.15) is 0 Å². The third-order valence-corrected chi connectivity index (χ3v) is 13.2. The molecule has 0 radical (unpaired) electrons. The Balaban J connectivity index is 1.09. The van der Waals surface area contributed by atoms with E-state index in [9.17, 15) is 0 Å². The molecule has 0 amide bonds. The van der Waals surface area contributed by atoms with E-state index in [-0.39, 0.29) is 0 Å². The quantitative estimate of drug-likeness (QED) is 0.174. The van der Waals surface area contributed by atoms with Gasteiger partial charge in [0.2, 0.25) is 0 Å². The smallest absolute Gasteiger partial charge is 0.0788 e. The summed E-state index contributed by atoms with van der Waals surface area (Å²) in [7, 11) is 0. The number of benzene rings is 8. The van der Waals surface area contributed by atoms with Gasteiger partial charge in [0.15, 0.2) is 0 Å². The number of fused-ring (bicyclic) bond motifs is 13. The van der Waals surface area contributed by atoms with Crippen molar-refractivity contribution in [1.82, 2.24) is 9.13 Å². The zero-order valence-electron chi connectivity index (χ0n) is 27.9. The van der Waals surface area contributed by atoms with Crippen molar-refractivity contribution < 1.29 is 0 Å². The first-order valence-corrected chi connectivity index (χ1v) is 19.3. The SMILES string of the molecule is c1ccc(-n2c3ccccc3c3ccc4c5ccccc5n(-c5ccc6c(c5)sc5ccc(-c7ccc8c(c7)sc7ccccc78)cc56)c4c32)cc1. The molecular formula is C48H28N2S2. The van der Waals surface area contributed by atoms with E-state index in [2.05, 4.69) is 179 Å². The largest absolute Gasteiger partial charge is 0.307 e. The standard InChI is InChI=1S/C48H28N2S2/c1-2-10-31(11-3-1)49-41-15-7-4-12-33(41)38-23-24-39-34-13-5-8-16-42(34)50(48(39)47(38)49)32-20-22-37-40-26-29(19-25-44(40)52-46(37)28-32)30-18-21-36-35-14-6-9-17-43(35)51-45(36)27-30/h1-28H. The van der Waals surface area contributed by atoms with Gasteiger partial charge in [-0.2, -0.15) is 0 Å². The molecule has 4 aromatic heterocycles. The molecule has 0 N–H and O–H groups in total. The van der Waals surface area contributed by atoms with Crippen molar-refractivity contribution in [1.29, 1.82) is 0 Å². The zero-order chi connectivity index (χ0) is 33.9. The van der Waals surface area contributed by atoms with Gasteiger partial charge in [0.25, 0.3) is 0 Å². The van der Waals surface area contributed by atoms with Gasteiger partial charge in [-0.3, -0.25) is 0 Å². The molecule has 8 aromatic carbocycles. The second-order valence-electron chi connectivity index (χ2n) is 13.7. The first kappa shape index (κ1) is 28.5. The molecule has 0 saturated heterocycles. The van der Waals surface area contributed by atoms with Crippen LogP contribution in [0.5, 0.6) is 0 Å². The Morgan fingerprint density at radius 2 is 0.788 bits per heavy atom. The highest BCUT2D eigenvalue weighted by atomic mass is 32.1. The van der Waals surface area contributed by atoms with E-state index in [1.165, 1.54) is 106 Å². The maximum absolute atomic E-state index is 2.50. The van der Waals surface area contributed by atoms with Crippen molar-refractivity contribution in [3.63, 3.8) is 0 Å². The first-order chi connectivity index (χ1) is 25.8. The van der Waals surface area contributed by atoms with Gasteiger partial charge in [-0.25, -0.2) is 0 Å². The van der Waals surface area contributed by atoms with E-state index >= 15 is 0 Å². The van der Waals surface area contributed by atoms with Crippen molar-refractivity contribution in [2.45, 2.75) is 0 Å². The summed E-state index contributed by atoms with van der Waals surface area (Å²) in [4.78, 5) is 0. The Labute approximate surface area is 306 Å². The second kappa shape index (κ2) is 10.7. The highest BCUT2D eigenvalue weighted by Gasteiger charge is 2.21. The summed E-state index contributed by atoms with van der Waals surface area (Å²) in [6, 6.07) is 62.9. The summed E-state index contributed by atoms with van der Waals surface area (Å²) in [5, 5.41) is 10.4. The molecule has 0 atom stereocenters. The van der Waals surface area contributed by atoms with Crippen LogP contribution < -0.4 is 0 Å². The normalized spacial score (nSPS) is 12.2. The van der Waals surface area contributed by atoms with Crippen molar-refractivity contribution in [3.8, 4) is 22.5 Å². The number of hydrogen-bond acceptors (Lipinski definition) is 2. The first-order valence-electron chi connectivity index (χ1n) is 17.7. The maximum atomic E-state index is 2.50. The zero-order valence-corrected chi connectivity index (χ0v) is 29.5. The Hall–Kier alpha value is -6.20. The monoisotopic (exact) mass is 696 g/mol. The van der Waals surface area contributed by atoms with Crippen molar-refractivity contribution in [3.05, 3.63) is 170 Å². The Morgan fingerprint density at radius 3 is 1.54 bits per heavy atom. The maximum Gasteiger partial charge on any atom is 0.0788 e. The molecule has 12 aromatic rings. The third-order valence-electron chi connectivity index (χ3n) is 10.9. The van der Waals surface area contributed by atoms with Crippen LogP contribution in [0, 0.1) is 0 Å². The van der Waals surface area contributed by atoms with Gasteiger partial charge >= 0.3 is 0 Å². The number of hydrogen-bond donors (Lipinski definition) is 0. The average Bonchev–Trinajstić information content (AvgIpc) is 3.95. The van der Waals surface area contributed by atoms with E-state index in [0.717, 1.165) is 0 Å². The van der Waals surface area contributed by atoms with Gasteiger partial charge in [-0.05, 0) is 71.8 Å². The highest BCUT2D eigenvalue weighted by molar-refractivity contribution is 7.26. The lowest BCUT2D eigenvalue weighted by Gasteiger charge is -2.12. The lowest BCUT2D eigenvalue weighted by molar-refractivity contribution is 1.15. The Bertz CT molecular complexity index is 3410. The molecule has 0 unspecified atom stereocenters. The topological polar surface area (TPSA) is 9.86 Å². The van der Waals surface area contributed by atoms with E-state index in [4.69, 9.17) is 0 Å². The summed E-state index contributed by atoms with van der Waals surface area (Å²) in [6.07, 6.45) is 0. The highest BCUT2D eigenvalue weighted by Crippen LogP contribution is 2.44. The summed E-state index contributed by atoms with van der Waals surface area (Å²) in [6.45, 7) is 0. The number of aromatic nitrogens is 2. The van der Waals surface area contributed by atoms with Crippen molar-refractivity contribution >= 4 is 107 Å². The lowest BCUT2D eigenvalue weighted by atomic mass is 10.0. The van der Waals surface area contributed by atoms with Crippen LogP contribution in [-0.4, -0.2) is 9.13 Å². The van der Waals surface area contributed by atoms with Gasteiger partial charge in [-0.15, -0.1) is 22.7 Å². The predicted octanol–water partition coefficient (Wildman–Crippen LogP) is 14.3. The van der Waals surface area contributed by atoms with E-state index in [1.807, 2.05) is 22.7 Å². The number of thiophene rings is 2. The summed E-state index contributed by atoms with van der Waals surface area (Å²) in [5.41, 5.74) is 9.77. The fourth-order valence-electron chi connectivity index (χ4n) is 8.60. The van der Waals surface area contributed by atoms with E-state index in [1.54, 1.807) is 0 Å². The van der Waals surface area contributed by atoms with Crippen molar-refractivity contribution in [2.75, 3.05) is 0 Å². The van der Waals surface area contributed by atoms with E-state index < -0.39 is 0 Å². The minimum absolute atomic E-state index is 1.17. The summed E-state index contributed by atoms with van der Waals surface area (Å²) < 4.78 is 10.2. The predicted molar refractivity (Wildman–Crippen MR) is 226 cm³/mol. The van der Waals surface area contributed by atoms with Crippen LogP contribution in [-0.2, 0) is 0 Å². The Kier molecular flexibility index (Phi) is 5.84. The van der Waals surface area contributed by atoms with Gasteiger partial charge in [-0.1, -0.05) is 109 Å². The molecule has 12 rings (SSSR count). The van der Waals surface area contributed by atoms with Crippen LogP contribution >= 0.6 is 22.7 Å². The summed E-state index contributed by atoms with van der Waals surface area (Å²) in [5.74, 6) is 0. The molecule has 4 heteroatoms. The van der Waals surface area contributed by atoms with Crippen LogP contribution in [0.3, 0.4) is 0 Å². The molecule has 242 valence electrons. The Morgan fingerprint density at radius 1 is 0.288 bits per heavy atom. The molecule has 52 heavy (non-hydrogen) atoms. The van der Waals surface area contributed by atoms with Crippen LogP contribution in [0.25, 0.3) is 106 Å². The van der Waals surface area contributed by atoms with Crippen LogP contribution in [0.15, 0.2) is 170 Å². The third kappa shape index (κ3) is 3.93. The molecule has 2 nitrogen and oxygen atoms in total. The van der Waals surface area contributed by atoms with Gasteiger partial charge in [0.05, 0.1) is 22.1 Å². The minimum Gasteiger partial charge on any atom is -0.307 e. The average molecular weight is 697 g/mol. The lowest BCUT2D eigenvalue weighted by Crippen LogP contribution is -1.98. The van der Waals surface area contributed by atoms with Crippen LogP contribution in [0.4, 0.5) is 0 Å². The molecule has 0 fully saturated rings. The van der Waals surface area contributed by atoms with Gasteiger partial charge in [0.1, 0.15) is 0 Å².